The van der Waals surface area contributed by atoms with Gasteiger partial charge < -0.3 is 0 Å². The summed E-state index contributed by atoms with van der Waals surface area (Å²) in [6, 6.07) is 36.6. The molecule has 1 radical (unpaired) electrons. The molecule has 4 aromatic carbocycles. The van der Waals surface area contributed by atoms with E-state index in [1.807, 2.05) is 60.7 Å². The molecule has 4 rings (SSSR count). The van der Waals surface area contributed by atoms with Crippen molar-refractivity contribution in [2.75, 3.05) is 0 Å². The molecule has 0 aliphatic carbocycles. The van der Waals surface area contributed by atoms with Crippen molar-refractivity contribution in [3.05, 3.63) is 137 Å². The fourth-order valence-electron chi connectivity index (χ4n) is 3.43. The van der Waals surface area contributed by atoms with Gasteiger partial charge in [0.05, 0.1) is 6.07 Å². The predicted octanol–water partition coefficient (Wildman–Crippen LogP) is 8.12. The van der Waals surface area contributed by atoms with Crippen molar-refractivity contribution in [3.8, 4) is 17.2 Å². The second kappa shape index (κ2) is 18.3. The first kappa shape index (κ1) is 33.0. The van der Waals surface area contributed by atoms with Gasteiger partial charge in [0.1, 0.15) is 0 Å². The first-order valence-corrected chi connectivity index (χ1v) is 11.3. The zero-order chi connectivity index (χ0) is 24.1. The molecule has 1 nitrogen and oxygen atoms in total. The van der Waals surface area contributed by atoms with Crippen LogP contribution in [0.5, 0.6) is 0 Å². The Labute approximate surface area is 252 Å². The Bertz CT molecular complexity index is 1110. The maximum absolute atomic E-state index is 8.60. The molecule has 0 amide bonds. The fourth-order valence-corrected chi connectivity index (χ4v) is 3.43. The molecule has 0 saturated heterocycles. The molecule has 0 aliphatic rings. The van der Waals surface area contributed by atoms with Crippen LogP contribution in [0.15, 0.2) is 84.9 Å². The van der Waals surface area contributed by atoms with E-state index in [1.54, 1.807) is 6.07 Å². The van der Waals surface area contributed by atoms with E-state index in [1.165, 1.54) is 22.3 Å². The molecule has 4 aromatic rings. The Kier molecular flexibility index (Phi) is 17.3. The zero-order valence-corrected chi connectivity index (χ0v) is 26.9. The molecule has 0 heterocycles. The standard InChI is InChI=1S/C12H8.C10H10N.C10H14.W.Y/c1-3-7-11(8-4-1)12-9-5-2-6-10-12;1-3-9-4-8(2)5-10(6-9)7-11;1-4-10-6-8(2)5-9(3)7-10;;/h1-7,9H;4-6H,2-3H2,1H3;5-7H,4H2,1-3H3;;/q-2;-1;;;. The monoisotopic (exact) mass is 703 g/mol. The van der Waals surface area contributed by atoms with Crippen LogP contribution in [0.25, 0.3) is 11.1 Å². The summed E-state index contributed by atoms with van der Waals surface area (Å²) in [6.45, 7) is 12.3. The number of aryl methyl sites for hydroxylation is 4. The van der Waals surface area contributed by atoms with Gasteiger partial charge in [0, 0.05) is 53.8 Å². The Morgan fingerprint density at radius 2 is 1.23 bits per heavy atom. The van der Waals surface area contributed by atoms with Crippen molar-refractivity contribution in [3.63, 3.8) is 0 Å². The molecule has 0 fully saturated rings. The van der Waals surface area contributed by atoms with E-state index in [4.69, 9.17) is 5.26 Å². The minimum Gasteiger partial charge on any atom is -0.226 e. The Balaban J connectivity index is 0.000000484. The normalized spacial score (nSPS) is 9.00. The van der Waals surface area contributed by atoms with Crippen LogP contribution in [0, 0.1) is 44.2 Å². The van der Waals surface area contributed by atoms with Gasteiger partial charge in [-0.3, -0.25) is 0 Å². The zero-order valence-electron chi connectivity index (χ0n) is 21.1. The smallest absolute Gasteiger partial charge is 0.0856 e. The topological polar surface area (TPSA) is 23.8 Å². The van der Waals surface area contributed by atoms with Crippen LogP contribution in [-0.4, -0.2) is 0 Å². The quantitative estimate of drug-likeness (QED) is 0.198. The maximum atomic E-state index is 8.60. The fraction of sp³-hybridized carbons (Fsp3) is 0.188. The summed E-state index contributed by atoms with van der Waals surface area (Å²) in [5.41, 5.74) is 9.17. The molecule has 0 atom stereocenters. The first-order valence-electron chi connectivity index (χ1n) is 11.3. The number of nitriles is 1. The van der Waals surface area contributed by atoms with Crippen molar-refractivity contribution in [2.45, 2.75) is 40.5 Å². The summed E-state index contributed by atoms with van der Waals surface area (Å²) in [7, 11) is 0. The molecular formula is C32H32NWY-3. The SMILES string of the molecule is CCc1cc(C)cc(C)c1.[CH2-]c1cc(C#N)cc(CC)c1.[W].[Y].[c-]1ccccc1-c1[c-]cccc1. The molecule has 0 aliphatic heterocycles. The van der Waals surface area contributed by atoms with Crippen molar-refractivity contribution < 1.29 is 53.8 Å². The molecule has 3 heteroatoms. The average molecular weight is 703 g/mol. The van der Waals surface area contributed by atoms with Crippen LogP contribution >= 0.6 is 0 Å². The van der Waals surface area contributed by atoms with Gasteiger partial charge in [-0.25, -0.2) is 11.1 Å². The van der Waals surface area contributed by atoms with Gasteiger partial charge in [0.25, 0.3) is 0 Å². The van der Waals surface area contributed by atoms with Gasteiger partial charge in [-0.2, -0.15) is 72.3 Å². The van der Waals surface area contributed by atoms with Crippen LogP contribution in [0.4, 0.5) is 0 Å². The molecule has 0 unspecified atom stereocenters. The summed E-state index contributed by atoms with van der Waals surface area (Å²) in [4.78, 5) is 0. The van der Waals surface area contributed by atoms with Gasteiger partial charge in [-0.15, -0.1) is 23.8 Å². The molecule has 0 spiro atoms. The van der Waals surface area contributed by atoms with Gasteiger partial charge in [-0.1, -0.05) is 49.2 Å². The third kappa shape index (κ3) is 12.5. The van der Waals surface area contributed by atoms with E-state index < -0.39 is 0 Å². The van der Waals surface area contributed by atoms with Gasteiger partial charge >= 0.3 is 0 Å². The summed E-state index contributed by atoms with van der Waals surface area (Å²) in [5.74, 6) is 0. The van der Waals surface area contributed by atoms with E-state index in [0.717, 1.165) is 29.5 Å². The van der Waals surface area contributed by atoms with Crippen molar-refractivity contribution in [1.82, 2.24) is 0 Å². The summed E-state index contributed by atoms with van der Waals surface area (Å²) in [6.07, 6.45) is 2.10. The van der Waals surface area contributed by atoms with E-state index in [2.05, 4.69) is 71.0 Å². The van der Waals surface area contributed by atoms with Crippen LogP contribution in [0.2, 0.25) is 0 Å². The van der Waals surface area contributed by atoms with E-state index in [-0.39, 0.29) is 53.8 Å². The number of hydrogen-bond acceptors (Lipinski definition) is 1. The number of rotatable bonds is 3. The largest absolute Gasteiger partial charge is 0.226 e. The molecule has 177 valence electrons. The Morgan fingerprint density at radius 3 is 1.63 bits per heavy atom. The summed E-state index contributed by atoms with van der Waals surface area (Å²) >= 11 is 0. The van der Waals surface area contributed by atoms with Gasteiger partial charge in [-0.05, 0) is 37.8 Å². The van der Waals surface area contributed by atoms with Crippen molar-refractivity contribution in [2.24, 2.45) is 0 Å². The minimum atomic E-state index is 0. The van der Waals surface area contributed by atoms with E-state index in [9.17, 15) is 0 Å². The van der Waals surface area contributed by atoms with Crippen LogP contribution in [0.1, 0.15) is 47.2 Å². The number of nitrogens with zero attached hydrogens (tertiary/aromatic N) is 1. The third-order valence-corrected chi connectivity index (χ3v) is 4.99. The molecule has 0 bridgehead atoms. The molecule has 0 saturated carbocycles. The second-order valence-electron chi connectivity index (χ2n) is 7.91. The number of benzene rings is 4. The molecule has 0 aromatic heterocycles. The van der Waals surface area contributed by atoms with Crippen LogP contribution in [0.3, 0.4) is 0 Å². The first-order chi connectivity index (χ1) is 15.9. The average Bonchev–Trinajstić information content (AvgIpc) is 2.85. The molecule has 0 N–H and O–H groups in total. The van der Waals surface area contributed by atoms with Crippen LogP contribution in [-0.2, 0) is 66.6 Å². The van der Waals surface area contributed by atoms with Gasteiger partial charge in [0.15, 0.2) is 0 Å². The van der Waals surface area contributed by atoms with Crippen molar-refractivity contribution >= 4 is 0 Å². The molecule has 35 heavy (non-hydrogen) atoms. The van der Waals surface area contributed by atoms with E-state index in [0.29, 0.717) is 5.56 Å². The van der Waals surface area contributed by atoms with E-state index >= 15 is 0 Å². The van der Waals surface area contributed by atoms with Crippen LogP contribution < -0.4 is 0 Å². The Morgan fingerprint density at radius 1 is 0.743 bits per heavy atom. The summed E-state index contributed by atoms with van der Waals surface area (Å²) in [5, 5.41) is 8.60. The van der Waals surface area contributed by atoms with Crippen molar-refractivity contribution in [1.29, 1.82) is 5.26 Å². The minimum absolute atomic E-state index is 0. The van der Waals surface area contributed by atoms with Gasteiger partial charge in [0.2, 0.25) is 0 Å². The third-order valence-electron chi connectivity index (χ3n) is 4.99. The predicted molar refractivity (Wildman–Crippen MR) is 140 cm³/mol. The Hall–Kier alpha value is -1.97. The second-order valence-corrected chi connectivity index (χ2v) is 7.91. The number of hydrogen-bond donors (Lipinski definition) is 0. The molecular weight excluding hydrogens is 671 g/mol. The summed E-state index contributed by atoms with van der Waals surface area (Å²) < 4.78 is 0. The maximum Gasteiger partial charge on any atom is 0.0856 e.